The van der Waals surface area contributed by atoms with Crippen LogP contribution in [0.3, 0.4) is 0 Å². The zero-order valence-corrected chi connectivity index (χ0v) is 13.8. The molecule has 132 valence electrons. The number of aromatic nitrogens is 2. The number of aryl methyl sites for hydroxylation is 1. The monoisotopic (exact) mass is 351 g/mol. The van der Waals surface area contributed by atoms with Crippen molar-refractivity contribution in [2.45, 2.75) is 26.1 Å². The van der Waals surface area contributed by atoms with Crippen LogP contribution in [-0.4, -0.2) is 17.1 Å². The van der Waals surface area contributed by atoms with E-state index >= 15 is 0 Å². The minimum atomic E-state index is -4.54. The molecule has 0 saturated heterocycles. The van der Waals surface area contributed by atoms with Gasteiger partial charge in [-0.05, 0) is 38.1 Å². The maximum Gasteiger partial charge on any atom is 0.433 e. The van der Waals surface area contributed by atoms with E-state index in [2.05, 4.69) is 9.97 Å². The van der Waals surface area contributed by atoms with Crippen LogP contribution in [-0.2, 0) is 6.18 Å². The quantitative estimate of drug-likeness (QED) is 0.764. The molecule has 0 aliphatic rings. The fourth-order valence-electron chi connectivity index (χ4n) is 2.65. The average Bonchev–Trinajstić information content (AvgIpc) is 2.94. The average molecular weight is 351 g/mol. The van der Waals surface area contributed by atoms with Gasteiger partial charge in [0.2, 0.25) is 5.89 Å². The second-order valence-corrected chi connectivity index (χ2v) is 5.66. The van der Waals surface area contributed by atoms with Gasteiger partial charge in [-0.1, -0.05) is 0 Å². The highest BCUT2D eigenvalue weighted by Crippen LogP contribution is 2.37. The summed E-state index contributed by atoms with van der Waals surface area (Å²) in [7, 11) is 1.37. The highest BCUT2D eigenvalue weighted by molar-refractivity contribution is 5.96. The summed E-state index contributed by atoms with van der Waals surface area (Å²) in [5, 5.41) is 0.449. The Morgan fingerprint density at radius 1 is 1.16 bits per heavy atom. The number of methoxy groups -OCH3 is 1. The Bertz CT molecular complexity index is 933. The van der Waals surface area contributed by atoms with Crippen molar-refractivity contribution in [3.8, 4) is 17.2 Å². The van der Waals surface area contributed by atoms with E-state index in [1.54, 1.807) is 19.9 Å². The third kappa shape index (κ3) is 3.05. The van der Waals surface area contributed by atoms with E-state index in [0.717, 1.165) is 6.07 Å². The number of benzene rings is 1. The highest BCUT2D eigenvalue weighted by Gasteiger charge is 2.33. The number of hydrogen-bond donors (Lipinski definition) is 1. The molecule has 25 heavy (non-hydrogen) atoms. The number of alkyl halides is 3. The smallest absolute Gasteiger partial charge is 0.433 e. The lowest BCUT2D eigenvalue weighted by atomic mass is 10.1. The van der Waals surface area contributed by atoms with Crippen molar-refractivity contribution < 1.29 is 22.3 Å². The Hall–Kier alpha value is -2.61. The molecule has 5 nitrogen and oxygen atoms in total. The van der Waals surface area contributed by atoms with E-state index in [-0.39, 0.29) is 23.2 Å². The number of halogens is 3. The van der Waals surface area contributed by atoms with Gasteiger partial charge in [-0.15, -0.1) is 0 Å². The molecule has 0 amide bonds. The number of ether oxygens (including phenoxy) is 1. The van der Waals surface area contributed by atoms with Gasteiger partial charge in [0, 0.05) is 10.9 Å². The van der Waals surface area contributed by atoms with Crippen LogP contribution >= 0.6 is 0 Å². The summed E-state index contributed by atoms with van der Waals surface area (Å²) < 4.78 is 49.8. The molecule has 0 spiro atoms. The molecule has 0 bridgehead atoms. The summed E-state index contributed by atoms with van der Waals surface area (Å²) in [6.45, 7) is 3.53. The molecule has 3 aromatic rings. The zero-order valence-electron chi connectivity index (χ0n) is 13.8. The number of nitrogens with zero attached hydrogens (tertiary/aromatic N) is 2. The zero-order chi connectivity index (χ0) is 18.4. The SMILES string of the molecule is COc1ccc(-c2nc(C)c([C@H](C)N)o2)c2ccc(C(F)(F)F)nc12. The molecule has 0 unspecified atom stereocenters. The van der Waals surface area contributed by atoms with Gasteiger partial charge in [-0.25, -0.2) is 9.97 Å². The minimum absolute atomic E-state index is 0.0908. The second kappa shape index (κ2) is 6.03. The third-order valence-electron chi connectivity index (χ3n) is 3.81. The van der Waals surface area contributed by atoms with Gasteiger partial charge >= 0.3 is 6.18 Å². The Kier molecular flexibility index (Phi) is 4.16. The largest absolute Gasteiger partial charge is 0.494 e. The Balaban J connectivity index is 2.25. The molecular formula is C17H16F3N3O2. The molecule has 3 rings (SSSR count). The van der Waals surface area contributed by atoms with Crippen molar-refractivity contribution in [2.24, 2.45) is 5.73 Å². The fourth-order valence-corrected chi connectivity index (χ4v) is 2.65. The van der Waals surface area contributed by atoms with Crippen LogP contribution in [0.15, 0.2) is 28.7 Å². The predicted molar refractivity (Wildman–Crippen MR) is 86.1 cm³/mol. The molecule has 0 fully saturated rings. The first-order valence-electron chi connectivity index (χ1n) is 7.50. The van der Waals surface area contributed by atoms with Gasteiger partial charge < -0.3 is 14.9 Å². The molecule has 8 heteroatoms. The van der Waals surface area contributed by atoms with E-state index in [0.29, 0.717) is 22.4 Å². The van der Waals surface area contributed by atoms with Gasteiger partial charge in [0.05, 0.1) is 18.8 Å². The van der Waals surface area contributed by atoms with E-state index in [1.165, 1.54) is 19.2 Å². The van der Waals surface area contributed by atoms with Crippen LogP contribution in [0.4, 0.5) is 13.2 Å². The number of fused-ring (bicyclic) bond motifs is 1. The summed E-state index contributed by atoms with van der Waals surface area (Å²) in [5.74, 6) is 1.04. The summed E-state index contributed by atoms with van der Waals surface area (Å²) in [5.41, 5.74) is 6.09. The minimum Gasteiger partial charge on any atom is -0.494 e. The lowest BCUT2D eigenvalue weighted by molar-refractivity contribution is -0.140. The predicted octanol–water partition coefficient (Wildman–Crippen LogP) is 4.25. The summed E-state index contributed by atoms with van der Waals surface area (Å²) in [6.07, 6.45) is -4.54. The van der Waals surface area contributed by atoms with Crippen molar-refractivity contribution >= 4 is 10.9 Å². The maximum absolute atomic E-state index is 13.0. The van der Waals surface area contributed by atoms with Gasteiger partial charge in [0.1, 0.15) is 22.7 Å². The van der Waals surface area contributed by atoms with Crippen molar-refractivity contribution in [3.05, 3.63) is 41.4 Å². The number of hydrogen-bond acceptors (Lipinski definition) is 5. The topological polar surface area (TPSA) is 74.2 Å². The molecule has 0 saturated carbocycles. The van der Waals surface area contributed by atoms with Crippen LogP contribution < -0.4 is 10.5 Å². The normalized spacial score (nSPS) is 13.2. The Labute approximate surface area is 141 Å². The molecule has 2 N–H and O–H groups in total. The molecule has 1 atom stereocenters. The molecular weight excluding hydrogens is 335 g/mol. The third-order valence-corrected chi connectivity index (χ3v) is 3.81. The standard InChI is InChI=1S/C17H16F3N3O2/c1-8(21)15-9(2)22-16(25-15)11-4-6-12(24-3)14-10(11)5-7-13(23-14)17(18,19)20/h4-8H,21H2,1-3H3/t8-/m0/s1. The summed E-state index contributed by atoms with van der Waals surface area (Å²) in [4.78, 5) is 8.07. The van der Waals surface area contributed by atoms with E-state index < -0.39 is 11.9 Å². The molecule has 1 aromatic carbocycles. The maximum atomic E-state index is 13.0. The summed E-state index contributed by atoms with van der Waals surface area (Å²) >= 11 is 0. The molecule has 2 aromatic heterocycles. The van der Waals surface area contributed by atoms with E-state index in [9.17, 15) is 13.2 Å². The molecule has 0 radical (unpaired) electrons. The van der Waals surface area contributed by atoms with Crippen molar-refractivity contribution in [2.75, 3.05) is 7.11 Å². The number of pyridine rings is 1. The summed E-state index contributed by atoms with van der Waals surface area (Å²) in [6, 6.07) is 5.13. The van der Waals surface area contributed by atoms with Crippen molar-refractivity contribution in [3.63, 3.8) is 0 Å². The first-order valence-corrected chi connectivity index (χ1v) is 7.50. The van der Waals surface area contributed by atoms with Crippen LogP contribution in [0, 0.1) is 6.92 Å². The van der Waals surface area contributed by atoms with Crippen molar-refractivity contribution in [1.82, 2.24) is 9.97 Å². The number of nitrogens with two attached hydrogens (primary N) is 1. The Morgan fingerprint density at radius 2 is 1.88 bits per heavy atom. The number of oxazole rings is 1. The first kappa shape index (κ1) is 17.2. The second-order valence-electron chi connectivity index (χ2n) is 5.66. The van der Waals surface area contributed by atoms with Crippen molar-refractivity contribution in [1.29, 1.82) is 0 Å². The fraction of sp³-hybridized carbons (Fsp3) is 0.294. The number of rotatable bonds is 3. The van der Waals surface area contributed by atoms with Gasteiger partial charge in [0.15, 0.2) is 0 Å². The molecule has 0 aliphatic carbocycles. The highest BCUT2D eigenvalue weighted by atomic mass is 19.4. The van der Waals surface area contributed by atoms with Crippen LogP contribution in [0.25, 0.3) is 22.4 Å². The van der Waals surface area contributed by atoms with Crippen LogP contribution in [0.2, 0.25) is 0 Å². The molecule has 2 heterocycles. The van der Waals surface area contributed by atoms with Gasteiger partial charge in [-0.3, -0.25) is 0 Å². The molecule has 0 aliphatic heterocycles. The van der Waals surface area contributed by atoms with Gasteiger partial charge in [-0.2, -0.15) is 13.2 Å². The Morgan fingerprint density at radius 3 is 2.44 bits per heavy atom. The lowest BCUT2D eigenvalue weighted by Crippen LogP contribution is -2.08. The first-order chi connectivity index (χ1) is 11.7. The van der Waals surface area contributed by atoms with E-state index in [1.807, 2.05) is 0 Å². The van der Waals surface area contributed by atoms with Crippen LogP contribution in [0.1, 0.15) is 30.1 Å². The lowest BCUT2D eigenvalue weighted by Gasteiger charge is -2.11. The van der Waals surface area contributed by atoms with Crippen LogP contribution in [0.5, 0.6) is 5.75 Å². The van der Waals surface area contributed by atoms with E-state index in [4.69, 9.17) is 14.9 Å². The van der Waals surface area contributed by atoms with Gasteiger partial charge in [0.25, 0.3) is 0 Å².